The topological polar surface area (TPSA) is 12.0 Å². The maximum Gasteiger partial charge on any atom is 0.00103 e. The van der Waals surface area contributed by atoms with Crippen molar-refractivity contribution in [3.8, 4) is 0 Å². The van der Waals surface area contributed by atoms with Gasteiger partial charge in [-0.3, -0.25) is 0 Å². The predicted molar refractivity (Wildman–Crippen MR) is 74.5 cm³/mol. The van der Waals surface area contributed by atoms with Crippen LogP contribution in [0.1, 0.15) is 56.6 Å². The SMILES string of the molecule is CC(C)NCCCc1ccc(C2CCC2)cc1. The van der Waals surface area contributed by atoms with Gasteiger partial charge in [-0.15, -0.1) is 0 Å². The number of rotatable bonds is 6. The van der Waals surface area contributed by atoms with Crippen LogP contribution in [0.4, 0.5) is 0 Å². The van der Waals surface area contributed by atoms with E-state index in [9.17, 15) is 0 Å². The van der Waals surface area contributed by atoms with Crippen molar-refractivity contribution in [2.45, 2.75) is 57.9 Å². The van der Waals surface area contributed by atoms with E-state index in [0.29, 0.717) is 6.04 Å². The van der Waals surface area contributed by atoms with Gasteiger partial charge >= 0.3 is 0 Å². The summed E-state index contributed by atoms with van der Waals surface area (Å²) in [6, 6.07) is 9.94. The van der Waals surface area contributed by atoms with E-state index < -0.39 is 0 Å². The average molecular weight is 231 g/mol. The molecule has 1 fully saturated rings. The van der Waals surface area contributed by atoms with Crippen LogP contribution < -0.4 is 5.32 Å². The lowest BCUT2D eigenvalue weighted by Crippen LogP contribution is -2.23. The first-order valence-corrected chi connectivity index (χ1v) is 7.08. The van der Waals surface area contributed by atoms with Crippen LogP contribution in [-0.2, 0) is 6.42 Å². The average Bonchev–Trinajstić information content (AvgIpc) is 2.24. The molecule has 0 aliphatic heterocycles. The molecule has 17 heavy (non-hydrogen) atoms. The summed E-state index contributed by atoms with van der Waals surface area (Å²) in [6.07, 6.45) is 6.66. The van der Waals surface area contributed by atoms with Gasteiger partial charge in [0, 0.05) is 6.04 Å². The van der Waals surface area contributed by atoms with Crippen LogP contribution in [-0.4, -0.2) is 12.6 Å². The quantitative estimate of drug-likeness (QED) is 0.733. The van der Waals surface area contributed by atoms with Gasteiger partial charge in [-0.1, -0.05) is 44.5 Å². The molecule has 0 amide bonds. The highest BCUT2D eigenvalue weighted by Crippen LogP contribution is 2.36. The maximum absolute atomic E-state index is 3.46. The van der Waals surface area contributed by atoms with Crippen LogP contribution in [0.2, 0.25) is 0 Å². The Balaban J connectivity index is 1.73. The monoisotopic (exact) mass is 231 g/mol. The van der Waals surface area contributed by atoms with Crippen molar-refractivity contribution >= 4 is 0 Å². The van der Waals surface area contributed by atoms with Crippen molar-refractivity contribution in [2.24, 2.45) is 0 Å². The number of benzene rings is 1. The van der Waals surface area contributed by atoms with Crippen LogP contribution >= 0.6 is 0 Å². The van der Waals surface area contributed by atoms with Crippen LogP contribution in [0.3, 0.4) is 0 Å². The van der Waals surface area contributed by atoms with E-state index in [4.69, 9.17) is 0 Å². The van der Waals surface area contributed by atoms with Gasteiger partial charge in [-0.05, 0) is 49.3 Å². The first-order valence-electron chi connectivity index (χ1n) is 7.08. The summed E-state index contributed by atoms with van der Waals surface area (Å²) in [5.74, 6) is 0.867. The van der Waals surface area contributed by atoms with Crippen molar-refractivity contribution in [1.82, 2.24) is 5.32 Å². The lowest BCUT2D eigenvalue weighted by molar-refractivity contribution is 0.419. The Bertz CT molecular complexity index is 322. The lowest BCUT2D eigenvalue weighted by Gasteiger charge is -2.25. The van der Waals surface area contributed by atoms with E-state index in [1.54, 1.807) is 5.56 Å². The maximum atomic E-state index is 3.46. The summed E-state index contributed by atoms with van der Waals surface area (Å²) in [6.45, 7) is 5.53. The van der Waals surface area contributed by atoms with Gasteiger partial charge < -0.3 is 5.32 Å². The van der Waals surface area contributed by atoms with Crippen LogP contribution in [0, 0.1) is 0 Å². The van der Waals surface area contributed by atoms with Gasteiger partial charge in [-0.2, -0.15) is 0 Å². The zero-order chi connectivity index (χ0) is 12.1. The van der Waals surface area contributed by atoms with Gasteiger partial charge in [-0.25, -0.2) is 0 Å². The fourth-order valence-corrected chi connectivity index (χ4v) is 2.38. The van der Waals surface area contributed by atoms with Crippen molar-refractivity contribution < 1.29 is 0 Å². The van der Waals surface area contributed by atoms with E-state index in [0.717, 1.165) is 12.5 Å². The smallest absolute Gasteiger partial charge is 0.00103 e. The summed E-state index contributed by atoms with van der Waals surface area (Å²) in [5, 5.41) is 3.46. The van der Waals surface area contributed by atoms with Crippen LogP contribution in [0.25, 0.3) is 0 Å². The molecule has 0 atom stereocenters. The lowest BCUT2D eigenvalue weighted by atomic mass is 9.80. The molecule has 0 heterocycles. The molecule has 1 heteroatoms. The van der Waals surface area contributed by atoms with Gasteiger partial charge in [0.2, 0.25) is 0 Å². The summed E-state index contributed by atoms with van der Waals surface area (Å²) in [7, 11) is 0. The van der Waals surface area contributed by atoms with Crippen molar-refractivity contribution in [2.75, 3.05) is 6.54 Å². The third kappa shape index (κ3) is 3.85. The first kappa shape index (κ1) is 12.6. The van der Waals surface area contributed by atoms with Gasteiger partial charge in [0.25, 0.3) is 0 Å². The number of hydrogen-bond donors (Lipinski definition) is 1. The van der Waals surface area contributed by atoms with E-state index in [-0.39, 0.29) is 0 Å². The summed E-state index contributed by atoms with van der Waals surface area (Å²) in [4.78, 5) is 0. The van der Waals surface area contributed by atoms with Crippen molar-refractivity contribution in [3.63, 3.8) is 0 Å². The molecular weight excluding hydrogens is 206 g/mol. The van der Waals surface area contributed by atoms with Gasteiger partial charge in [0.15, 0.2) is 0 Å². The predicted octanol–water partition coefficient (Wildman–Crippen LogP) is 3.88. The van der Waals surface area contributed by atoms with Gasteiger partial charge in [0.05, 0.1) is 0 Å². The Hall–Kier alpha value is -0.820. The van der Waals surface area contributed by atoms with Crippen LogP contribution in [0.5, 0.6) is 0 Å². The third-order valence-corrected chi connectivity index (χ3v) is 3.75. The molecule has 2 rings (SSSR count). The fourth-order valence-electron chi connectivity index (χ4n) is 2.38. The number of hydrogen-bond acceptors (Lipinski definition) is 1. The minimum Gasteiger partial charge on any atom is -0.315 e. The fraction of sp³-hybridized carbons (Fsp3) is 0.625. The molecule has 1 nitrogen and oxygen atoms in total. The first-order chi connectivity index (χ1) is 8.25. The number of nitrogens with one attached hydrogen (secondary N) is 1. The molecule has 1 aromatic carbocycles. The Morgan fingerprint density at radius 1 is 1.18 bits per heavy atom. The van der Waals surface area contributed by atoms with Gasteiger partial charge in [0.1, 0.15) is 0 Å². The Kier molecular flexibility index (Phi) is 4.61. The molecule has 0 radical (unpaired) electrons. The van der Waals surface area contributed by atoms with E-state index in [1.807, 2.05) is 0 Å². The normalized spacial score (nSPS) is 16.2. The minimum atomic E-state index is 0.607. The Morgan fingerprint density at radius 2 is 1.88 bits per heavy atom. The molecule has 94 valence electrons. The molecule has 0 saturated heterocycles. The zero-order valence-electron chi connectivity index (χ0n) is 11.2. The molecule has 1 aliphatic rings. The highest BCUT2D eigenvalue weighted by atomic mass is 14.9. The molecule has 0 aromatic heterocycles. The molecule has 1 N–H and O–H groups in total. The van der Waals surface area contributed by atoms with Crippen molar-refractivity contribution in [1.29, 1.82) is 0 Å². The second-order valence-corrected chi connectivity index (χ2v) is 5.58. The second-order valence-electron chi connectivity index (χ2n) is 5.58. The van der Waals surface area contributed by atoms with E-state index in [2.05, 4.69) is 43.4 Å². The molecule has 0 spiro atoms. The summed E-state index contributed by atoms with van der Waals surface area (Å²) < 4.78 is 0. The third-order valence-electron chi connectivity index (χ3n) is 3.75. The highest BCUT2D eigenvalue weighted by molar-refractivity contribution is 5.26. The zero-order valence-corrected chi connectivity index (χ0v) is 11.2. The Labute approximate surface area is 106 Å². The van der Waals surface area contributed by atoms with E-state index in [1.165, 1.54) is 37.7 Å². The molecule has 1 aromatic rings. The second kappa shape index (κ2) is 6.20. The van der Waals surface area contributed by atoms with Crippen LogP contribution in [0.15, 0.2) is 24.3 Å². The molecular formula is C16H25N. The number of aryl methyl sites for hydroxylation is 1. The summed E-state index contributed by atoms with van der Waals surface area (Å²) in [5.41, 5.74) is 3.04. The molecule has 0 bridgehead atoms. The largest absolute Gasteiger partial charge is 0.315 e. The molecule has 0 unspecified atom stereocenters. The van der Waals surface area contributed by atoms with E-state index >= 15 is 0 Å². The minimum absolute atomic E-state index is 0.607. The molecule has 1 aliphatic carbocycles. The molecule has 1 saturated carbocycles. The highest BCUT2D eigenvalue weighted by Gasteiger charge is 2.18. The standard InChI is InChI=1S/C16H25N/c1-13(2)17-12-4-5-14-8-10-16(11-9-14)15-6-3-7-15/h8-11,13,15,17H,3-7,12H2,1-2H3. The Morgan fingerprint density at radius 3 is 2.41 bits per heavy atom. The summed E-state index contributed by atoms with van der Waals surface area (Å²) >= 11 is 0. The van der Waals surface area contributed by atoms with Crippen molar-refractivity contribution in [3.05, 3.63) is 35.4 Å².